The molecule has 1 aromatic carbocycles. The van der Waals surface area contributed by atoms with Crippen LogP contribution in [0.15, 0.2) is 54.7 Å². The van der Waals surface area contributed by atoms with Crippen LogP contribution < -0.4 is 10.2 Å². The predicted octanol–water partition coefficient (Wildman–Crippen LogP) is 2.90. The molecule has 0 radical (unpaired) electrons. The highest BCUT2D eigenvalue weighted by molar-refractivity contribution is 5.97. The number of benzene rings is 1. The number of piperazine rings is 1. The van der Waals surface area contributed by atoms with E-state index in [0.29, 0.717) is 11.5 Å². The summed E-state index contributed by atoms with van der Waals surface area (Å²) >= 11 is 0. The van der Waals surface area contributed by atoms with Crippen LogP contribution >= 0.6 is 0 Å². The van der Waals surface area contributed by atoms with Gasteiger partial charge in [-0.2, -0.15) is 0 Å². The molecule has 4 rings (SSSR count). The van der Waals surface area contributed by atoms with E-state index in [9.17, 15) is 9.59 Å². The van der Waals surface area contributed by atoms with Gasteiger partial charge in [0.25, 0.3) is 5.91 Å². The number of nitrogens with zero attached hydrogens (tertiary/aromatic N) is 4. The molecule has 7 heteroatoms. The van der Waals surface area contributed by atoms with Crippen LogP contribution in [0.5, 0.6) is 0 Å². The summed E-state index contributed by atoms with van der Waals surface area (Å²) in [5.74, 6) is 1.40. The monoisotopic (exact) mass is 463 g/mol. The van der Waals surface area contributed by atoms with Crippen molar-refractivity contribution in [3.8, 4) is 0 Å². The molecule has 2 atom stereocenters. The Morgan fingerprint density at radius 1 is 1.00 bits per heavy atom. The van der Waals surface area contributed by atoms with E-state index in [4.69, 9.17) is 0 Å². The second-order valence-electron chi connectivity index (χ2n) is 9.83. The quantitative estimate of drug-likeness (QED) is 0.684. The summed E-state index contributed by atoms with van der Waals surface area (Å²) in [5, 5.41) is 2.99. The smallest absolute Gasteiger partial charge is 0.251 e. The molecule has 0 spiro atoms. The van der Waals surface area contributed by atoms with Crippen molar-refractivity contribution in [2.45, 2.75) is 32.7 Å². The Morgan fingerprint density at radius 2 is 1.74 bits per heavy atom. The maximum atomic E-state index is 13.4. The molecule has 7 nitrogen and oxygen atoms in total. The molecule has 3 heterocycles. The van der Waals surface area contributed by atoms with Crippen molar-refractivity contribution < 1.29 is 9.59 Å². The highest BCUT2D eigenvalue weighted by Gasteiger charge is 2.33. The first kappa shape index (κ1) is 24.2. The van der Waals surface area contributed by atoms with Crippen LogP contribution in [0.25, 0.3) is 0 Å². The van der Waals surface area contributed by atoms with E-state index in [1.54, 1.807) is 12.1 Å². The minimum absolute atomic E-state index is 0.0280. The molecular formula is C27H37N5O2. The van der Waals surface area contributed by atoms with Crippen molar-refractivity contribution in [3.63, 3.8) is 0 Å². The summed E-state index contributed by atoms with van der Waals surface area (Å²) in [6.07, 6.45) is 4.01. The number of carbonyl (C=O) groups is 2. The lowest BCUT2D eigenvalue weighted by Crippen LogP contribution is -2.55. The third kappa shape index (κ3) is 6.14. The van der Waals surface area contributed by atoms with E-state index in [1.807, 2.05) is 55.3 Å². The molecule has 2 unspecified atom stereocenters. The normalized spacial score (nSPS) is 20.3. The zero-order valence-electron chi connectivity index (χ0n) is 20.4. The molecule has 2 aliphatic heterocycles. The molecule has 1 aromatic heterocycles. The van der Waals surface area contributed by atoms with E-state index in [1.165, 1.54) is 0 Å². The largest absolute Gasteiger partial charge is 0.354 e. The Labute approximate surface area is 203 Å². The Morgan fingerprint density at radius 3 is 2.41 bits per heavy atom. The second-order valence-corrected chi connectivity index (χ2v) is 9.83. The number of rotatable bonds is 7. The van der Waals surface area contributed by atoms with Gasteiger partial charge in [-0.1, -0.05) is 38.1 Å². The number of pyridine rings is 1. The third-order valence-corrected chi connectivity index (χ3v) is 6.95. The van der Waals surface area contributed by atoms with Crippen molar-refractivity contribution in [3.05, 3.63) is 60.3 Å². The van der Waals surface area contributed by atoms with Gasteiger partial charge in [-0.15, -0.1) is 0 Å². The van der Waals surface area contributed by atoms with Gasteiger partial charge >= 0.3 is 0 Å². The summed E-state index contributed by atoms with van der Waals surface area (Å²) in [6.45, 7) is 10.5. The first-order valence-corrected chi connectivity index (χ1v) is 12.5. The zero-order chi connectivity index (χ0) is 23.9. The zero-order valence-corrected chi connectivity index (χ0v) is 20.4. The fraction of sp³-hybridized carbons (Fsp3) is 0.519. The Bertz CT molecular complexity index is 929. The minimum atomic E-state index is -0.506. The van der Waals surface area contributed by atoms with Gasteiger partial charge in [0, 0.05) is 57.6 Å². The highest BCUT2D eigenvalue weighted by Crippen LogP contribution is 2.21. The average molecular weight is 464 g/mol. The molecule has 182 valence electrons. The van der Waals surface area contributed by atoms with Crippen molar-refractivity contribution in [1.82, 2.24) is 20.1 Å². The Kier molecular flexibility index (Phi) is 8.16. The van der Waals surface area contributed by atoms with Gasteiger partial charge in [-0.3, -0.25) is 14.5 Å². The van der Waals surface area contributed by atoms with Gasteiger partial charge in [0.1, 0.15) is 11.9 Å². The minimum Gasteiger partial charge on any atom is -0.354 e. The lowest BCUT2D eigenvalue weighted by molar-refractivity contribution is -0.136. The SMILES string of the molecule is CC(C)C(NC(=O)c1ccccc1)C(=O)N1CCCC(CN2CCN(c3ccccn3)CC2)C1. The van der Waals surface area contributed by atoms with Crippen LogP contribution in [0, 0.1) is 11.8 Å². The fourth-order valence-corrected chi connectivity index (χ4v) is 5.00. The molecule has 2 aliphatic rings. The van der Waals surface area contributed by atoms with Crippen molar-refractivity contribution >= 4 is 17.6 Å². The standard InChI is InChI=1S/C27H37N5O2/c1-21(2)25(29-26(33)23-10-4-3-5-11-23)27(34)32-14-8-9-22(20-32)19-30-15-17-31(18-16-30)24-12-6-7-13-28-24/h3-7,10-13,21-22,25H,8-9,14-20H2,1-2H3,(H,29,33). The molecular weight excluding hydrogens is 426 g/mol. The lowest BCUT2D eigenvalue weighted by atomic mass is 9.94. The molecule has 34 heavy (non-hydrogen) atoms. The number of hydrogen-bond acceptors (Lipinski definition) is 5. The number of aromatic nitrogens is 1. The molecule has 2 fully saturated rings. The van der Waals surface area contributed by atoms with E-state index in [0.717, 1.165) is 64.5 Å². The van der Waals surface area contributed by atoms with Gasteiger partial charge in [0.05, 0.1) is 0 Å². The number of nitrogens with one attached hydrogen (secondary N) is 1. The van der Waals surface area contributed by atoms with Gasteiger partial charge < -0.3 is 15.1 Å². The summed E-state index contributed by atoms with van der Waals surface area (Å²) in [7, 11) is 0. The predicted molar refractivity (Wildman–Crippen MR) is 135 cm³/mol. The maximum Gasteiger partial charge on any atom is 0.251 e. The number of likely N-dealkylation sites (tertiary alicyclic amines) is 1. The number of piperidine rings is 1. The summed E-state index contributed by atoms with van der Waals surface area (Å²) in [6, 6.07) is 14.7. The third-order valence-electron chi connectivity index (χ3n) is 6.95. The highest BCUT2D eigenvalue weighted by atomic mass is 16.2. The van der Waals surface area contributed by atoms with Crippen LogP contribution in [-0.4, -0.2) is 78.5 Å². The molecule has 2 amide bonds. The van der Waals surface area contributed by atoms with Crippen molar-refractivity contribution in [2.24, 2.45) is 11.8 Å². The Hall–Kier alpha value is -2.93. The van der Waals surface area contributed by atoms with Crippen molar-refractivity contribution in [2.75, 3.05) is 50.7 Å². The first-order valence-electron chi connectivity index (χ1n) is 12.5. The van der Waals surface area contributed by atoms with Crippen LogP contribution in [-0.2, 0) is 4.79 Å². The van der Waals surface area contributed by atoms with Gasteiger partial charge in [-0.25, -0.2) is 4.98 Å². The molecule has 0 bridgehead atoms. The summed E-state index contributed by atoms with van der Waals surface area (Å²) in [5.41, 5.74) is 0.585. The fourth-order valence-electron chi connectivity index (χ4n) is 5.00. The van der Waals surface area contributed by atoms with Crippen LogP contribution in [0.4, 0.5) is 5.82 Å². The topological polar surface area (TPSA) is 68.8 Å². The number of hydrogen-bond donors (Lipinski definition) is 1. The van der Waals surface area contributed by atoms with Gasteiger partial charge in [0.2, 0.25) is 5.91 Å². The molecule has 2 aromatic rings. The maximum absolute atomic E-state index is 13.4. The van der Waals surface area contributed by atoms with E-state index in [-0.39, 0.29) is 17.7 Å². The van der Waals surface area contributed by atoms with Gasteiger partial charge in [-0.05, 0) is 48.9 Å². The Balaban J connectivity index is 1.30. The second kappa shape index (κ2) is 11.5. The number of amides is 2. The van der Waals surface area contributed by atoms with Crippen LogP contribution in [0.3, 0.4) is 0 Å². The van der Waals surface area contributed by atoms with Gasteiger partial charge in [0.15, 0.2) is 0 Å². The van der Waals surface area contributed by atoms with E-state index >= 15 is 0 Å². The van der Waals surface area contributed by atoms with E-state index < -0.39 is 6.04 Å². The lowest BCUT2D eigenvalue weighted by Gasteiger charge is -2.40. The summed E-state index contributed by atoms with van der Waals surface area (Å²) < 4.78 is 0. The van der Waals surface area contributed by atoms with Crippen LogP contribution in [0.2, 0.25) is 0 Å². The van der Waals surface area contributed by atoms with Crippen LogP contribution in [0.1, 0.15) is 37.0 Å². The van der Waals surface area contributed by atoms with E-state index in [2.05, 4.69) is 26.2 Å². The summed E-state index contributed by atoms with van der Waals surface area (Å²) in [4.78, 5) is 37.5. The molecule has 0 saturated carbocycles. The number of anilines is 1. The molecule has 2 saturated heterocycles. The molecule has 1 N–H and O–H groups in total. The average Bonchev–Trinajstić information content (AvgIpc) is 2.88. The molecule has 0 aliphatic carbocycles. The van der Waals surface area contributed by atoms with Crippen molar-refractivity contribution in [1.29, 1.82) is 0 Å². The first-order chi connectivity index (χ1) is 16.5. The number of carbonyl (C=O) groups excluding carboxylic acids is 2.